The summed E-state index contributed by atoms with van der Waals surface area (Å²) < 4.78 is 13.5. The number of hydrogen-bond acceptors (Lipinski definition) is 3. The summed E-state index contributed by atoms with van der Waals surface area (Å²) >= 11 is 11.4. The van der Waals surface area contributed by atoms with Crippen LogP contribution in [0.5, 0.6) is 0 Å². The van der Waals surface area contributed by atoms with Crippen molar-refractivity contribution in [2.75, 3.05) is 0 Å². The molecule has 0 spiro atoms. The molecule has 1 atom stereocenters. The highest BCUT2D eigenvalue weighted by Gasteiger charge is 2.27. The highest BCUT2D eigenvalue weighted by Crippen LogP contribution is 2.22. The molecule has 3 nitrogen and oxygen atoms in total. The first kappa shape index (κ1) is 15.6. The fourth-order valence-electron chi connectivity index (χ4n) is 1.44. The first-order valence-corrected chi connectivity index (χ1v) is 6.27. The molecule has 1 aromatic carbocycles. The molecule has 6 heteroatoms. The molecule has 0 radical (unpaired) electrons. The molecule has 100 valence electrons. The van der Waals surface area contributed by atoms with E-state index in [0.717, 1.165) is 0 Å². The molecule has 0 bridgehead atoms. The zero-order chi connectivity index (χ0) is 14.4. The van der Waals surface area contributed by atoms with Gasteiger partial charge in [-0.15, -0.1) is 0 Å². The van der Waals surface area contributed by atoms with Crippen LogP contribution in [0.2, 0.25) is 10.0 Å². The number of nitrogens with zero attached hydrogens (tertiary/aromatic N) is 1. The van der Waals surface area contributed by atoms with E-state index in [0.29, 0.717) is 5.02 Å². The van der Waals surface area contributed by atoms with Gasteiger partial charge in [0.15, 0.2) is 6.17 Å². The number of benzene rings is 1. The van der Waals surface area contributed by atoms with E-state index in [-0.39, 0.29) is 29.8 Å². The Bertz CT molecular complexity index is 540. The molecule has 1 rings (SSSR count). The van der Waals surface area contributed by atoms with Crippen LogP contribution in [0.4, 0.5) is 4.39 Å². The van der Waals surface area contributed by atoms with E-state index in [1.165, 1.54) is 18.2 Å². The number of ketones is 2. The number of rotatable bonds is 6. The van der Waals surface area contributed by atoms with E-state index >= 15 is 0 Å². The Labute approximate surface area is 119 Å². The van der Waals surface area contributed by atoms with Crippen molar-refractivity contribution in [1.29, 1.82) is 5.26 Å². The molecule has 0 aliphatic rings. The van der Waals surface area contributed by atoms with Crippen LogP contribution in [0.3, 0.4) is 0 Å². The third kappa shape index (κ3) is 4.30. The zero-order valence-electron chi connectivity index (χ0n) is 9.83. The fraction of sp³-hybridized carbons (Fsp3) is 0.308. The monoisotopic (exact) mass is 301 g/mol. The number of carbonyl (C=O) groups excluding carboxylic acids is 2. The van der Waals surface area contributed by atoms with E-state index in [1.807, 2.05) is 6.07 Å². The minimum absolute atomic E-state index is 0.00933. The van der Waals surface area contributed by atoms with E-state index in [9.17, 15) is 14.0 Å². The molecule has 19 heavy (non-hydrogen) atoms. The van der Waals surface area contributed by atoms with Gasteiger partial charge in [-0.05, 0) is 31.0 Å². The van der Waals surface area contributed by atoms with E-state index < -0.39 is 17.7 Å². The summed E-state index contributed by atoms with van der Waals surface area (Å²) in [7, 11) is 0. The number of unbranched alkanes of at least 4 members (excludes halogenated alkanes) is 1. The lowest BCUT2D eigenvalue weighted by molar-refractivity contribution is -0.119. The fourth-order valence-corrected chi connectivity index (χ4v) is 1.93. The maximum absolute atomic E-state index is 13.5. The minimum atomic E-state index is -1.91. The Balaban J connectivity index is 2.77. The number of halogens is 3. The van der Waals surface area contributed by atoms with Crippen LogP contribution in [-0.2, 0) is 4.79 Å². The van der Waals surface area contributed by atoms with Crippen LogP contribution in [0, 0.1) is 11.3 Å². The summed E-state index contributed by atoms with van der Waals surface area (Å²) in [6.07, 6.45) is -1.69. The summed E-state index contributed by atoms with van der Waals surface area (Å²) in [4.78, 5) is 23.3. The zero-order valence-corrected chi connectivity index (χ0v) is 11.3. The summed E-state index contributed by atoms with van der Waals surface area (Å²) in [5.74, 6) is -2.13. The lowest BCUT2D eigenvalue weighted by Gasteiger charge is -2.06. The van der Waals surface area contributed by atoms with Gasteiger partial charge >= 0.3 is 0 Å². The van der Waals surface area contributed by atoms with Gasteiger partial charge in [0.05, 0.1) is 11.1 Å². The molecule has 0 aromatic heterocycles. The van der Waals surface area contributed by atoms with E-state index in [2.05, 4.69) is 0 Å². The van der Waals surface area contributed by atoms with E-state index in [4.69, 9.17) is 28.5 Å². The van der Waals surface area contributed by atoms with Crippen molar-refractivity contribution in [3.8, 4) is 6.07 Å². The van der Waals surface area contributed by atoms with E-state index in [1.54, 1.807) is 0 Å². The molecule has 0 aliphatic heterocycles. The molecule has 0 aliphatic carbocycles. The van der Waals surface area contributed by atoms with Gasteiger partial charge in [-0.2, -0.15) is 5.26 Å². The number of Topliss-reactive ketones (excluding diaryl/α,β-unsaturated/α-hetero) is 2. The lowest BCUT2D eigenvalue weighted by atomic mass is 10.0. The van der Waals surface area contributed by atoms with Gasteiger partial charge in [0.25, 0.3) is 0 Å². The maximum atomic E-state index is 13.5. The molecule has 0 amide bonds. The first-order valence-electron chi connectivity index (χ1n) is 5.52. The molecule has 0 heterocycles. The summed E-state index contributed by atoms with van der Waals surface area (Å²) in [5.41, 5.74) is -0.0704. The average Bonchev–Trinajstić information content (AvgIpc) is 2.37. The average molecular weight is 302 g/mol. The van der Waals surface area contributed by atoms with Crippen LogP contribution in [0.1, 0.15) is 29.6 Å². The predicted octanol–water partition coefficient (Wildman–Crippen LogP) is 3.78. The Kier molecular flexibility index (Phi) is 5.94. The number of hydrogen-bond donors (Lipinski definition) is 0. The molecular formula is C13H10Cl2FNO2. The van der Waals surface area contributed by atoms with Gasteiger partial charge < -0.3 is 0 Å². The number of carbonyl (C=O) groups is 2. The van der Waals surface area contributed by atoms with Crippen LogP contribution in [0.15, 0.2) is 18.2 Å². The minimum Gasteiger partial charge on any atom is -0.287 e. The van der Waals surface area contributed by atoms with Gasteiger partial charge in [0, 0.05) is 17.0 Å². The maximum Gasteiger partial charge on any atom is 0.237 e. The Morgan fingerprint density at radius 2 is 2.05 bits per heavy atom. The Morgan fingerprint density at radius 1 is 1.37 bits per heavy atom. The molecule has 0 N–H and O–H groups in total. The van der Waals surface area contributed by atoms with Crippen LogP contribution < -0.4 is 0 Å². The van der Waals surface area contributed by atoms with Gasteiger partial charge in [0.2, 0.25) is 11.6 Å². The highest BCUT2D eigenvalue weighted by molar-refractivity contribution is 6.49. The molecular weight excluding hydrogens is 292 g/mol. The van der Waals surface area contributed by atoms with Crippen molar-refractivity contribution in [1.82, 2.24) is 0 Å². The Hall–Kier alpha value is -1.44. The second kappa shape index (κ2) is 7.22. The number of nitriles is 1. The van der Waals surface area contributed by atoms with Crippen molar-refractivity contribution >= 4 is 34.8 Å². The third-order valence-corrected chi connectivity index (χ3v) is 2.98. The largest absolute Gasteiger partial charge is 0.287 e. The topological polar surface area (TPSA) is 57.9 Å². The van der Waals surface area contributed by atoms with Crippen molar-refractivity contribution in [2.24, 2.45) is 0 Å². The summed E-state index contributed by atoms with van der Waals surface area (Å²) in [5, 5.41) is 8.64. The molecule has 0 saturated heterocycles. The quantitative estimate of drug-likeness (QED) is 0.456. The first-order chi connectivity index (χ1) is 8.97. The second-order valence-corrected chi connectivity index (χ2v) is 4.68. The van der Waals surface area contributed by atoms with Crippen LogP contribution in [-0.4, -0.2) is 17.7 Å². The predicted molar refractivity (Wildman–Crippen MR) is 70.2 cm³/mol. The van der Waals surface area contributed by atoms with Gasteiger partial charge in [-0.25, -0.2) is 4.39 Å². The van der Waals surface area contributed by atoms with Crippen LogP contribution >= 0.6 is 23.2 Å². The SMILES string of the molecule is N#CCCCC(F)C(=O)C(=O)c1ccc(Cl)cc1Cl. The van der Waals surface area contributed by atoms with Gasteiger partial charge in [0.1, 0.15) is 0 Å². The van der Waals surface area contributed by atoms with Crippen molar-refractivity contribution in [3.05, 3.63) is 33.8 Å². The highest BCUT2D eigenvalue weighted by atomic mass is 35.5. The van der Waals surface area contributed by atoms with Crippen molar-refractivity contribution in [3.63, 3.8) is 0 Å². The third-order valence-electron chi connectivity index (χ3n) is 2.43. The van der Waals surface area contributed by atoms with Crippen LogP contribution in [0.25, 0.3) is 0 Å². The smallest absolute Gasteiger partial charge is 0.237 e. The second-order valence-electron chi connectivity index (χ2n) is 3.84. The Morgan fingerprint density at radius 3 is 2.63 bits per heavy atom. The van der Waals surface area contributed by atoms with Gasteiger partial charge in [-0.1, -0.05) is 23.2 Å². The van der Waals surface area contributed by atoms with Crippen molar-refractivity contribution in [2.45, 2.75) is 25.4 Å². The molecule has 1 unspecified atom stereocenters. The van der Waals surface area contributed by atoms with Gasteiger partial charge in [-0.3, -0.25) is 9.59 Å². The normalized spacial score (nSPS) is 11.7. The summed E-state index contributed by atoms with van der Waals surface area (Å²) in [6.45, 7) is 0. The lowest BCUT2D eigenvalue weighted by Crippen LogP contribution is -2.25. The number of alkyl halides is 1. The summed E-state index contributed by atoms with van der Waals surface area (Å²) in [6, 6.07) is 5.84. The molecule has 0 saturated carbocycles. The van der Waals surface area contributed by atoms with Crippen molar-refractivity contribution < 1.29 is 14.0 Å². The molecule has 1 aromatic rings. The standard InChI is InChI=1S/C13H10Cl2FNO2/c14-8-4-5-9(10(15)7-8)12(18)13(19)11(16)3-1-2-6-17/h4-5,7,11H,1-3H2. The molecule has 0 fully saturated rings.